The molecule has 0 saturated heterocycles. The van der Waals surface area contributed by atoms with Crippen molar-refractivity contribution in [2.45, 2.75) is 18.6 Å². The molecule has 0 radical (unpaired) electrons. The van der Waals surface area contributed by atoms with E-state index in [1.807, 2.05) is 0 Å². The predicted octanol–water partition coefficient (Wildman–Crippen LogP) is -1.65. The van der Waals surface area contributed by atoms with E-state index in [0.29, 0.717) is 17.6 Å². The second kappa shape index (κ2) is 5.28. The van der Waals surface area contributed by atoms with Crippen LogP contribution in [-0.2, 0) is 0 Å². The number of aliphatic hydroxyl groups excluding tert-OH is 2. The number of nitrogens with zero attached hydrogens (tertiary/aromatic N) is 3. The Bertz CT molecular complexity index is 737. The first kappa shape index (κ1) is 15.2. The van der Waals surface area contributed by atoms with E-state index in [0.717, 1.165) is 0 Å². The lowest BCUT2D eigenvalue weighted by Crippen LogP contribution is -2.17. The van der Waals surface area contributed by atoms with E-state index < -0.39 is 11.7 Å². The van der Waals surface area contributed by atoms with Crippen LogP contribution in [0.25, 0.3) is 11.2 Å². The number of aromatic amines is 1. The Morgan fingerprint density at radius 2 is 2.29 bits per heavy atom. The number of nitrogens with one attached hydrogen (secondary N) is 1. The number of hydrogen-bond acceptors (Lipinski definition) is 6. The van der Waals surface area contributed by atoms with Crippen molar-refractivity contribution < 1.29 is 15.7 Å². The van der Waals surface area contributed by atoms with Gasteiger partial charge in [-0.1, -0.05) is 6.58 Å². The van der Waals surface area contributed by atoms with Crippen LogP contribution in [0.5, 0.6) is 0 Å². The highest BCUT2D eigenvalue weighted by Crippen LogP contribution is 2.39. The fraction of sp³-hybridized carbons (Fsp3) is 0.417. The van der Waals surface area contributed by atoms with E-state index in [4.69, 9.17) is 5.73 Å². The number of fused-ring (bicyclic) bond motifs is 1. The summed E-state index contributed by atoms with van der Waals surface area (Å²) >= 11 is 0. The number of aromatic nitrogens is 4. The molecule has 1 fully saturated rings. The Labute approximate surface area is 119 Å². The van der Waals surface area contributed by atoms with E-state index in [2.05, 4.69) is 21.5 Å². The molecule has 1 aliphatic carbocycles. The third-order valence-electron chi connectivity index (χ3n) is 3.82. The molecule has 2 aromatic heterocycles. The first-order valence-corrected chi connectivity index (χ1v) is 6.23. The number of nitrogen functional groups attached to an aromatic ring is 1. The Morgan fingerprint density at radius 1 is 1.57 bits per heavy atom. The Morgan fingerprint density at radius 3 is 2.90 bits per heavy atom. The van der Waals surface area contributed by atoms with Crippen LogP contribution < -0.4 is 11.3 Å². The van der Waals surface area contributed by atoms with E-state index in [1.54, 1.807) is 4.57 Å². The number of aliphatic hydroxyl groups is 2. The molecule has 0 aliphatic heterocycles. The molecule has 2 heterocycles. The number of rotatable bonds is 2. The average molecular weight is 295 g/mol. The van der Waals surface area contributed by atoms with Gasteiger partial charge in [0.15, 0.2) is 11.2 Å². The summed E-state index contributed by atoms with van der Waals surface area (Å²) in [5, 5.41) is 19.2. The number of H-pyrrole nitrogens is 1. The van der Waals surface area contributed by atoms with Gasteiger partial charge in [-0.25, -0.2) is 4.98 Å². The van der Waals surface area contributed by atoms with Crippen molar-refractivity contribution >= 4 is 17.1 Å². The van der Waals surface area contributed by atoms with Crippen molar-refractivity contribution in [3.05, 3.63) is 28.8 Å². The van der Waals surface area contributed by atoms with Crippen LogP contribution in [0.15, 0.2) is 23.3 Å². The average Bonchev–Trinajstić information content (AvgIpc) is 2.91. The largest absolute Gasteiger partial charge is 0.412 e. The molecule has 9 nitrogen and oxygen atoms in total. The molecule has 0 spiro atoms. The van der Waals surface area contributed by atoms with Gasteiger partial charge in [0, 0.05) is 5.92 Å². The topological polar surface area (TPSA) is 162 Å². The number of nitrogens with two attached hydrogens (primary N) is 1. The third kappa shape index (κ3) is 2.20. The van der Waals surface area contributed by atoms with Gasteiger partial charge in [0.05, 0.1) is 25.1 Å². The zero-order chi connectivity index (χ0) is 14.4. The van der Waals surface area contributed by atoms with Crippen molar-refractivity contribution in [2.24, 2.45) is 5.92 Å². The van der Waals surface area contributed by atoms with E-state index in [1.165, 1.54) is 6.33 Å². The summed E-state index contributed by atoms with van der Waals surface area (Å²) in [6.45, 7) is 3.76. The molecule has 9 heteroatoms. The lowest BCUT2D eigenvalue weighted by atomic mass is 10.0. The van der Waals surface area contributed by atoms with E-state index >= 15 is 0 Å². The summed E-state index contributed by atoms with van der Waals surface area (Å²) in [5.41, 5.74) is 6.37. The van der Waals surface area contributed by atoms with E-state index in [-0.39, 0.29) is 35.5 Å². The molecule has 21 heavy (non-hydrogen) atoms. The minimum atomic E-state index is -0.672. The van der Waals surface area contributed by atoms with Gasteiger partial charge in [0.2, 0.25) is 5.95 Å². The van der Waals surface area contributed by atoms with Gasteiger partial charge in [-0.3, -0.25) is 9.78 Å². The molecule has 0 bridgehead atoms. The number of imidazole rings is 1. The fourth-order valence-electron chi connectivity index (χ4n) is 2.74. The van der Waals surface area contributed by atoms with Crippen molar-refractivity contribution in [1.82, 2.24) is 19.5 Å². The monoisotopic (exact) mass is 295 g/mol. The third-order valence-corrected chi connectivity index (χ3v) is 3.82. The van der Waals surface area contributed by atoms with Crippen LogP contribution in [0.2, 0.25) is 0 Å². The maximum atomic E-state index is 11.7. The van der Waals surface area contributed by atoms with Gasteiger partial charge in [-0.05, 0) is 12.0 Å². The Kier molecular flexibility index (Phi) is 3.81. The standard InChI is InChI=1S/C12H15N5O3.H2O/c1-5-6(3-18)8(19)2-7(5)17-4-14-9-10(17)15-12(13)16-11(9)20;/h4,6-8,18-19H,1-3H2,(H3,13,15,16,20);1H2/t6-,7-,8-;/m1./s1. The molecule has 3 atom stereocenters. The molecule has 114 valence electrons. The van der Waals surface area contributed by atoms with E-state index in [9.17, 15) is 15.0 Å². The molecule has 1 aliphatic rings. The lowest BCUT2D eigenvalue weighted by molar-refractivity contribution is 0.101. The first-order chi connectivity index (χ1) is 9.52. The van der Waals surface area contributed by atoms with Crippen LogP contribution in [0.3, 0.4) is 0 Å². The van der Waals surface area contributed by atoms with Crippen molar-refractivity contribution in [2.75, 3.05) is 12.3 Å². The van der Waals surface area contributed by atoms with Crippen molar-refractivity contribution in [3.8, 4) is 0 Å². The Balaban J connectivity index is 0.00000161. The van der Waals surface area contributed by atoms with Crippen LogP contribution >= 0.6 is 0 Å². The number of anilines is 1. The maximum Gasteiger partial charge on any atom is 0.280 e. The summed E-state index contributed by atoms with van der Waals surface area (Å²) in [4.78, 5) is 22.2. The lowest BCUT2D eigenvalue weighted by Gasteiger charge is -2.15. The summed E-state index contributed by atoms with van der Waals surface area (Å²) in [7, 11) is 0. The first-order valence-electron chi connectivity index (χ1n) is 6.23. The quantitative estimate of drug-likeness (QED) is 0.485. The molecule has 2 aromatic rings. The zero-order valence-corrected chi connectivity index (χ0v) is 11.2. The van der Waals surface area contributed by atoms with Gasteiger partial charge in [0.1, 0.15) is 0 Å². The van der Waals surface area contributed by atoms with Crippen molar-refractivity contribution in [3.63, 3.8) is 0 Å². The SMILES string of the molecule is C=C1[C@@H](CO)[C@H](O)C[C@H]1n1cnc2c(=O)[nH]c(N)nc21.O. The number of hydrogen-bond donors (Lipinski definition) is 4. The molecule has 1 saturated carbocycles. The minimum absolute atomic E-state index is 0. The smallest absolute Gasteiger partial charge is 0.280 e. The second-order valence-corrected chi connectivity index (χ2v) is 4.96. The van der Waals surface area contributed by atoms with Gasteiger partial charge >= 0.3 is 0 Å². The molecule has 3 rings (SSSR count). The van der Waals surface area contributed by atoms with Gasteiger partial charge in [-0.2, -0.15) is 4.98 Å². The molecule has 7 N–H and O–H groups in total. The van der Waals surface area contributed by atoms with Gasteiger partial charge in [0.25, 0.3) is 5.56 Å². The minimum Gasteiger partial charge on any atom is -0.412 e. The maximum absolute atomic E-state index is 11.7. The highest BCUT2D eigenvalue weighted by atomic mass is 16.3. The van der Waals surface area contributed by atoms with Crippen LogP contribution in [0, 0.1) is 5.92 Å². The van der Waals surface area contributed by atoms with Crippen LogP contribution in [0.4, 0.5) is 5.95 Å². The summed E-state index contributed by atoms with van der Waals surface area (Å²) < 4.78 is 1.67. The van der Waals surface area contributed by atoms with Gasteiger partial charge < -0.3 is 26.0 Å². The summed E-state index contributed by atoms with van der Waals surface area (Å²) in [6.07, 6.45) is 1.20. The predicted molar refractivity (Wildman–Crippen MR) is 75.6 cm³/mol. The highest BCUT2D eigenvalue weighted by molar-refractivity contribution is 5.70. The van der Waals surface area contributed by atoms with Crippen LogP contribution in [-0.4, -0.2) is 47.9 Å². The van der Waals surface area contributed by atoms with Gasteiger partial charge in [-0.15, -0.1) is 0 Å². The molecular formula is C12H17N5O4. The molecule has 0 aromatic carbocycles. The summed E-state index contributed by atoms with van der Waals surface area (Å²) in [6, 6.07) is -0.263. The van der Waals surface area contributed by atoms with Crippen LogP contribution in [0.1, 0.15) is 12.5 Å². The fourth-order valence-corrected chi connectivity index (χ4v) is 2.74. The zero-order valence-electron chi connectivity index (χ0n) is 11.2. The van der Waals surface area contributed by atoms with Crippen molar-refractivity contribution in [1.29, 1.82) is 0 Å². The molecule has 0 unspecified atom stereocenters. The normalized spacial score (nSPS) is 25.2. The summed E-state index contributed by atoms with van der Waals surface area (Å²) in [5.74, 6) is -0.371. The second-order valence-electron chi connectivity index (χ2n) is 4.96. The highest BCUT2D eigenvalue weighted by Gasteiger charge is 2.37. The molecular weight excluding hydrogens is 278 g/mol. The Hall–Kier alpha value is -2.23. The molecule has 0 amide bonds.